The number of ether oxygens (including phenoxy) is 1. The summed E-state index contributed by atoms with van der Waals surface area (Å²) in [7, 11) is 0. The molecule has 1 aromatic carbocycles. The molecular weight excluding hydrogens is 415 g/mol. The minimum absolute atomic E-state index is 0.356. The van der Waals surface area contributed by atoms with Gasteiger partial charge in [-0.05, 0) is 48.4 Å². The van der Waals surface area contributed by atoms with Crippen molar-refractivity contribution < 1.29 is 13.9 Å². The van der Waals surface area contributed by atoms with Crippen LogP contribution < -0.4 is 9.64 Å². The van der Waals surface area contributed by atoms with Crippen LogP contribution in [0.1, 0.15) is 5.56 Å². The van der Waals surface area contributed by atoms with E-state index in [4.69, 9.17) is 4.74 Å². The smallest absolute Gasteiger partial charge is 0.410 e. The number of carbonyl (C=O) groups excluding carboxylic acids is 1. The van der Waals surface area contributed by atoms with Gasteiger partial charge in [0, 0.05) is 38.1 Å². The summed E-state index contributed by atoms with van der Waals surface area (Å²) in [6, 6.07) is 16.6. The van der Waals surface area contributed by atoms with Crippen LogP contribution in [0.3, 0.4) is 0 Å². The molecule has 2 aromatic heterocycles. The van der Waals surface area contributed by atoms with Gasteiger partial charge in [-0.2, -0.15) is 0 Å². The van der Waals surface area contributed by atoms with Crippen molar-refractivity contribution in [3.05, 3.63) is 78.4 Å². The zero-order chi connectivity index (χ0) is 21.5. The molecule has 31 heavy (non-hydrogen) atoms. The quantitative estimate of drug-likeness (QED) is 0.536. The number of nitrogens with zero attached hydrogens (tertiary/aromatic N) is 4. The molecule has 4 rings (SSSR count). The number of anilines is 1. The Labute approximate surface area is 185 Å². The Balaban J connectivity index is 1.22. The van der Waals surface area contributed by atoms with Gasteiger partial charge < -0.3 is 14.5 Å². The molecule has 0 atom stereocenters. The van der Waals surface area contributed by atoms with Gasteiger partial charge in [0.1, 0.15) is 17.4 Å². The Morgan fingerprint density at radius 1 is 1.00 bits per heavy atom. The highest BCUT2D eigenvalue weighted by Crippen LogP contribution is 2.19. The number of hydrogen-bond acceptors (Lipinski definition) is 6. The number of piperazine rings is 1. The minimum atomic E-state index is -0.357. The third-order valence-corrected chi connectivity index (χ3v) is 5.93. The van der Waals surface area contributed by atoms with Gasteiger partial charge in [-0.3, -0.25) is 0 Å². The molecule has 0 bridgehead atoms. The third kappa shape index (κ3) is 5.95. The first-order valence-corrected chi connectivity index (χ1v) is 11.1. The SMILES string of the molecule is O=C(Oc1ccc(CCSc2ccccn2)cc1)N1CCN(c2ccc(F)cn2)CC1. The lowest BCUT2D eigenvalue weighted by Gasteiger charge is -2.34. The second kappa shape index (κ2) is 10.3. The van der Waals surface area contributed by atoms with E-state index in [0.29, 0.717) is 37.7 Å². The number of rotatable bonds is 6. The zero-order valence-corrected chi connectivity index (χ0v) is 17.8. The average molecular weight is 439 g/mol. The van der Waals surface area contributed by atoms with E-state index in [-0.39, 0.29) is 11.9 Å². The zero-order valence-electron chi connectivity index (χ0n) is 17.0. The second-order valence-electron chi connectivity index (χ2n) is 7.09. The van der Waals surface area contributed by atoms with Gasteiger partial charge in [0.2, 0.25) is 0 Å². The molecule has 0 radical (unpaired) electrons. The maximum atomic E-state index is 13.0. The van der Waals surface area contributed by atoms with Crippen LogP contribution in [0.15, 0.2) is 72.0 Å². The van der Waals surface area contributed by atoms with E-state index < -0.39 is 0 Å². The number of halogens is 1. The fraction of sp³-hybridized carbons (Fsp3) is 0.261. The number of amides is 1. The van der Waals surface area contributed by atoms with Crippen LogP contribution in [0.4, 0.5) is 15.0 Å². The van der Waals surface area contributed by atoms with Crippen LogP contribution in [-0.2, 0) is 6.42 Å². The number of pyridine rings is 2. The normalized spacial score (nSPS) is 13.8. The Morgan fingerprint density at radius 2 is 1.81 bits per heavy atom. The monoisotopic (exact) mass is 438 g/mol. The summed E-state index contributed by atoms with van der Waals surface area (Å²) in [5.74, 6) is 1.83. The predicted octanol–water partition coefficient (Wildman–Crippen LogP) is 4.27. The van der Waals surface area contributed by atoms with Crippen LogP contribution >= 0.6 is 11.8 Å². The van der Waals surface area contributed by atoms with E-state index >= 15 is 0 Å². The number of aryl methyl sites for hydroxylation is 1. The maximum absolute atomic E-state index is 13.0. The molecule has 3 heterocycles. The van der Waals surface area contributed by atoms with Gasteiger partial charge >= 0.3 is 6.09 Å². The first-order valence-electron chi connectivity index (χ1n) is 10.1. The second-order valence-corrected chi connectivity index (χ2v) is 8.20. The Bertz CT molecular complexity index is 979. The van der Waals surface area contributed by atoms with Gasteiger partial charge in [0.15, 0.2) is 0 Å². The average Bonchev–Trinajstić information content (AvgIpc) is 2.81. The lowest BCUT2D eigenvalue weighted by atomic mass is 10.2. The van der Waals surface area contributed by atoms with E-state index in [1.54, 1.807) is 28.9 Å². The molecule has 0 N–H and O–H groups in total. The number of hydrogen-bond donors (Lipinski definition) is 0. The Morgan fingerprint density at radius 3 is 2.48 bits per heavy atom. The number of carbonyl (C=O) groups is 1. The number of aromatic nitrogens is 2. The Kier molecular flexibility index (Phi) is 6.99. The van der Waals surface area contributed by atoms with E-state index in [2.05, 4.69) is 9.97 Å². The fourth-order valence-corrected chi connectivity index (χ4v) is 4.13. The van der Waals surface area contributed by atoms with Crippen LogP contribution in [-0.4, -0.2) is 52.9 Å². The molecule has 1 fully saturated rings. The molecule has 1 amide bonds. The molecular formula is C23H23FN4O2S. The summed E-state index contributed by atoms with van der Waals surface area (Å²) in [5, 5.41) is 1.02. The maximum Gasteiger partial charge on any atom is 0.415 e. The predicted molar refractivity (Wildman–Crippen MR) is 119 cm³/mol. The van der Waals surface area contributed by atoms with Gasteiger partial charge in [0.05, 0.1) is 11.2 Å². The topological polar surface area (TPSA) is 58.6 Å². The summed E-state index contributed by atoms with van der Waals surface area (Å²) in [6.07, 6.45) is 3.56. The molecule has 1 aliphatic rings. The van der Waals surface area contributed by atoms with Crippen molar-refractivity contribution in [3.8, 4) is 5.75 Å². The van der Waals surface area contributed by atoms with Crippen molar-refractivity contribution in [1.82, 2.24) is 14.9 Å². The highest BCUT2D eigenvalue weighted by atomic mass is 32.2. The van der Waals surface area contributed by atoms with Crippen LogP contribution in [0.5, 0.6) is 5.75 Å². The molecule has 3 aromatic rings. The standard InChI is InChI=1S/C23H23FN4O2S/c24-19-6-9-21(26-17-19)27-12-14-28(15-13-27)23(29)30-20-7-4-18(5-8-20)10-16-31-22-3-1-2-11-25-22/h1-9,11,17H,10,12-16H2. The molecule has 160 valence electrons. The Hall–Kier alpha value is -3.13. The lowest BCUT2D eigenvalue weighted by molar-refractivity contribution is 0.149. The van der Waals surface area contributed by atoms with Gasteiger partial charge in [-0.1, -0.05) is 18.2 Å². The summed E-state index contributed by atoms with van der Waals surface area (Å²) < 4.78 is 18.6. The number of benzene rings is 1. The van der Waals surface area contributed by atoms with E-state index in [9.17, 15) is 9.18 Å². The lowest BCUT2D eigenvalue weighted by Crippen LogP contribution is -2.49. The summed E-state index contributed by atoms with van der Waals surface area (Å²) >= 11 is 1.72. The molecule has 6 nitrogen and oxygen atoms in total. The molecule has 0 unspecified atom stereocenters. The van der Waals surface area contributed by atoms with Crippen molar-refractivity contribution in [3.63, 3.8) is 0 Å². The first kappa shape index (κ1) is 21.1. The fourth-order valence-electron chi connectivity index (χ4n) is 3.27. The van der Waals surface area contributed by atoms with Crippen molar-refractivity contribution >= 4 is 23.7 Å². The van der Waals surface area contributed by atoms with Crippen LogP contribution in [0.2, 0.25) is 0 Å². The third-order valence-electron chi connectivity index (χ3n) is 4.98. The molecule has 1 saturated heterocycles. The van der Waals surface area contributed by atoms with Gasteiger partial charge in [-0.25, -0.2) is 19.2 Å². The van der Waals surface area contributed by atoms with E-state index in [0.717, 1.165) is 17.2 Å². The highest BCUT2D eigenvalue weighted by Gasteiger charge is 2.23. The number of thioether (sulfide) groups is 1. The summed E-state index contributed by atoms with van der Waals surface area (Å²) in [4.78, 5) is 24.6. The van der Waals surface area contributed by atoms with E-state index in [1.165, 1.54) is 17.8 Å². The minimum Gasteiger partial charge on any atom is -0.410 e. The van der Waals surface area contributed by atoms with Crippen molar-refractivity contribution in [2.75, 3.05) is 36.8 Å². The highest BCUT2D eigenvalue weighted by molar-refractivity contribution is 7.99. The molecule has 8 heteroatoms. The summed E-state index contributed by atoms with van der Waals surface area (Å²) in [6.45, 7) is 2.31. The van der Waals surface area contributed by atoms with Crippen molar-refractivity contribution in [2.24, 2.45) is 0 Å². The first-order chi connectivity index (χ1) is 15.2. The van der Waals surface area contributed by atoms with Crippen LogP contribution in [0, 0.1) is 5.82 Å². The largest absolute Gasteiger partial charge is 0.415 e. The van der Waals surface area contributed by atoms with Gasteiger partial charge in [0.25, 0.3) is 0 Å². The van der Waals surface area contributed by atoms with Crippen molar-refractivity contribution in [1.29, 1.82) is 0 Å². The van der Waals surface area contributed by atoms with Gasteiger partial charge in [-0.15, -0.1) is 11.8 Å². The molecule has 0 aliphatic carbocycles. The van der Waals surface area contributed by atoms with Crippen LogP contribution in [0.25, 0.3) is 0 Å². The van der Waals surface area contributed by atoms with Crippen molar-refractivity contribution in [2.45, 2.75) is 11.4 Å². The molecule has 1 aliphatic heterocycles. The molecule has 0 saturated carbocycles. The van der Waals surface area contributed by atoms with E-state index in [1.807, 2.05) is 47.4 Å². The summed E-state index contributed by atoms with van der Waals surface area (Å²) in [5.41, 5.74) is 1.18. The molecule has 0 spiro atoms.